The minimum atomic E-state index is 1.00. The third kappa shape index (κ3) is 3.91. The van der Waals surface area contributed by atoms with Gasteiger partial charge in [0, 0.05) is 11.8 Å². The predicted molar refractivity (Wildman–Crippen MR) is 108 cm³/mol. The summed E-state index contributed by atoms with van der Waals surface area (Å²) in [6.45, 7) is 12.6. The van der Waals surface area contributed by atoms with Crippen molar-refractivity contribution < 1.29 is 0 Å². The van der Waals surface area contributed by atoms with Gasteiger partial charge in [0.2, 0.25) is 0 Å². The van der Waals surface area contributed by atoms with E-state index in [2.05, 4.69) is 81.2 Å². The van der Waals surface area contributed by atoms with Gasteiger partial charge in [0.1, 0.15) is 0 Å². The summed E-state index contributed by atoms with van der Waals surface area (Å²) in [4.78, 5) is 4.59. The van der Waals surface area contributed by atoms with E-state index < -0.39 is 0 Å². The summed E-state index contributed by atoms with van der Waals surface area (Å²) in [5.41, 5.74) is 9.85. The van der Waals surface area contributed by atoms with Gasteiger partial charge in [-0.15, -0.1) is 0 Å². The second-order valence-electron chi connectivity index (χ2n) is 6.21. The Morgan fingerprint density at radius 1 is 0.875 bits per heavy atom. The Kier molecular flexibility index (Phi) is 5.92. The molecule has 0 N–H and O–H groups in total. The molecule has 0 radical (unpaired) electrons. The molecule has 0 aliphatic rings. The molecule has 0 atom stereocenters. The highest BCUT2D eigenvalue weighted by molar-refractivity contribution is 5.93. The van der Waals surface area contributed by atoms with Crippen molar-refractivity contribution in [3.05, 3.63) is 81.6 Å². The third-order valence-electron chi connectivity index (χ3n) is 4.55. The molecule has 0 spiro atoms. The van der Waals surface area contributed by atoms with Gasteiger partial charge in [0.25, 0.3) is 0 Å². The molecule has 2 aromatic rings. The zero-order valence-corrected chi connectivity index (χ0v) is 15.6. The Morgan fingerprint density at radius 3 is 2.25 bits per heavy atom. The molecule has 2 aromatic carbocycles. The van der Waals surface area contributed by atoms with Crippen LogP contribution in [0.25, 0.3) is 11.6 Å². The fourth-order valence-electron chi connectivity index (χ4n) is 2.79. The lowest BCUT2D eigenvalue weighted by atomic mass is 9.93. The molecule has 24 heavy (non-hydrogen) atoms. The highest BCUT2D eigenvalue weighted by atomic mass is 14.7. The van der Waals surface area contributed by atoms with E-state index >= 15 is 0 Å². The Labute approximate surface area is 146 Å². The van der Waals surface area contributed by atoms with Crippen molar-refractivity contribution in [1.29, 1.82) is 0 Å². The minimum absolute atomic E-state index is 1.00. The average Bonchev–Trinajstić information content (AvgIpc) is 2.57. The van der Waals surface area contributed by atoms with E-state index in [4.69, 9.17) is 0 Å². The summed E-state index contributed by atoms with van der Waals surface area (Å²) in [7, 11) is 0. The van der Waals surface area contributed by atoms with E-state index in [0.29, 0.717) is 0 Å². The van der Waals surface area contributed by atoms with Crippen LogP contribution in [-0.2, 0) is 0 Å². The van der Waals surface area contributed by atoms with Crippen LogP contribution >= 0.6 is 0 Å². The molecule has 0 aliphatic carbocycles. The van der Waals surface area contributed by atoms with Gasteiger partial charge in [-0.1, -0.05) is 42.5 Å². The Bertz CT molecular complexity index is 820. The maximum absolute atomic E-state index is 4.59. The lowest BCUT2D eigenvalue weighted by Crippen LogP contribution is -1.95. The molecule has 0 amide bonds. The monoisotopic (exact) mass is 317 g/mol. The molecule has 1 heteroatoms. The lowest BCUT2D eigenvalue weighted by molar-refractivity contribution is 1.29. The highest BCUT2D eigenvalue weighted by Crippen LogP contribution is 2.30. The second-order valence-corrected chi connectivity index (χ2v) is 6.21. The molecule has 0 bridgehead atoms. The molecule has 0 heterocycles. The third-order valence-corrected chi connectivity index (χ3v) is 4.55. The van der Waals surface area contributed by atoms with Crippen molar-refractivity contribution >= 4 is 17.9 Å². The highest BCUT2D eigenvalue weighted by Gasteiger charge is 2.11. The van der Waals surface area contributed by atoms with Gasteiger partial charge in [0.05, 0.1) is 5.70 Å². The molecule has 2 rings (SSSR count). The average molecular weight is 317 g/mol. The van der Waals surface area contributed by atoms with E-state index in [1.54, 1.807) is 0 Å². The quantitative estimate of drug-likeness (QED) is 0.349. The Balaban J connectivity index is 2.69. The van der Waals surface area contributed by atoms with Crippen molar-refractivity contribution in [3.8, 4) is 0 Å². The lowest BCUT2D eigenvalue weighted by Gasteiger charge is -2.14. The first-order valence-electron chi connectivity index (χ1n) is 8.48. The standard InChI is InChI=1S/C23H27N/c1-7-23(24-8-2)22(21-11-9-10-17(4)19(21)6)15-20-13-12-16(3)18(5)14-20/h7-15H,1-6H3/b22-15-,23-7-,24-8?. The maximum Gasteiger partial charge on any atom is 0.0661 e. The van der Waals surface area contributed by atoms with Crippen molar-refractivity contribution in [2.75, 3.05) is 0 Å². The van der Waals surface area contributed by atoms with E-state index in [9.17, 15) is 0 Å². The number of hydrogen-bond donors (Lipinski definition) is 0. The molecule has 1 nitrogen and oxygen atoms in total. The summed E-state index contributed by atoms with van der Waals surface area (Å²) in [5.74, 6) is 0. The largest absolute Gasteiger partial charge is 0.261 e. The van der Waals surface area contributed by atoms with E-state index in [-0.39, 0.29) is 0 Å². The fraction of sp³-hybridized carbons (Fsp3) is 0.261. The predicted octanol–water partition coefficient (Wildman–Crippen LogP) is 6.46. The number of hydrogen-bond acceptors (Lipinski definition) is 1. The maximum atomic E-state index is 4.59. The number of benzene rings is 2. The SMILES string of the molecule is CC=NC(=C\C)/C(=C\c1ccc(C)c(C)c1)c1cccc(C)c1C. The summed E-state index contributed by atoms with van der Waals surface area (Å²) >= 11 is 0. The van der Waals surface area contributed by atoms with Gasteiger partial charge in [-0.2, -0.15) is 0 Å². The molecular formula is C23H27N. The summed E-state index contributed by atoms with van der Waals surface area (Å²) in [5, 5.41) is 0. The molecule has 124 valence electrons. The minimum Gasteiger partial charge on any atom is -0.261 e. The first-order chi connectivity index (χ1) is 11.5. The summed E-state index contributed by atoms with van der Waals surface area (Å²) in [6, 6.07) is 13.1. The van der Waals surface area contributed by atoms with E-state index in [1.165, 1.54) is 39.0 Å². The molecule has 0 aliphatic heterocycles. The summed E-state index contributed by atoms with van der Waals surface area (Å²) < 4.78 is 0. The van der Waals surface area contributed by atoms with Crippen molar-refractivity contribution in [2.24, 2.45) is 4.99 Å². The van der Waals surface area contributed by atoms with Crippen LogP contribution in [0, 0.1) is 27.7 Å². The first kappa shape index (κ1) is 17.9. The Morgan fingerprint density at radius 2 is 1.62 bits per heavy atom. The van der Waals surface area contributed by atoms with Gasteiger partial charge < -0.3 is 0 Å². The number of aliphatic imine (C=N–C) groups is 1. The molecule has 0 saturated heterocycles. The molecule has 0 aromatic heterocycles. The van der Waals surface area contributed by atoms with Crippen molar-refractivity contribution in [2.45, 2.75) is 41.5 Å². The normalized spacial score (nSPS) is 12.9. The van der Waals surface area contributed by atoms with Crippen LogP contribution < -0.4 is 0 Å². The molecule has 0 unspecified atom stereocenters. The fourth-order valence-corrected chi connectivity index (χ4v) is 2.79. The number of nitrogens with zero attached hydrogens (tertiary/aromatic N) is 1. The topological polar surface area (TPSA) is 12.4 Å². The van der Waals surface area contributed by atoms with Crippen LogP contribution in [0.3, 0.4) is 0 Å². The first-order valence-corrected chi connectivity index (χ1v) is 8.48. The van der Waals surface area contributed by atoms with Crippen LogP contribution in [0.5, 0.6) is 0 Å². The van der Waals surface area contributed by atoms with E-state index in [0.717, 1.165) is 5.70 Å². The molecule has 0 saturated carbocycles. The smallest absolute Gasteiger partial charge is 0.0661 e. The van der Waals surface area contributed by atoms with Gasteiger partial charge in [-0.3, -0.25) is 4.99 Å². The van der Waals surface area contributed by atoms with Gasteiger partial charge in [-0.25, -0.2) is 0 Å². The summed E-state index contributed by atoms with van der Waals surface area (Å²) in [6.07, 6.45) is 6.18. The van der Waals surface area contributed by atoms with E-state index in [1.807, 2.05) is 20.1 Å². The number of rotatable bonds is 4. The molecule has 0 fully saturated rings. The Hall–Kier alpha value is -2.41. The van der Waals surface area contributed by atoms with Gasteiger partial charge >= 0.3 is 0 Å². The second kappa shape index (κ2) is 7.92. The zero-order chi connectivity index (χ0) is 17.7. The van der Waals surface area contributed by atoms with Crippen molar-refractivity contribution in [3.63, 3.8) is 0 Å². The zero-order valence-electron chi connectivity index (χ0n) is 15.6. The number of allylic oxidation sites excluding steroid dienone is 2. The van der Waals surface area contributed by atoms with Crippen LogP contribution in [0.15, 0.2) is 53.2 Å². The van der Waals surface area contributed by atoms with Crippen LogP contribution in [0.4, 0.5) is 0 Å². The van der Waals surface area contributed by atoms with Gasteiger partial charge in [0.15, 0.2) is 0 Å². The van der Waals surface area contributed by atoms with Crippen LogP contribution in [0.2, 0.25) is 0 Å². The van der Waals surface area contributed by atoms with Crippen LogP contribution in [0.1, 0.15) is 47.2 Å². The van der Waals surface area contributed by atoms with Gasteiger partial charge in [-0.05, 0) is 81.0 Å². The van der Waals surface area contributed by atoms with Crippen LogP contribution in [-0.4, -0.2) is 6.21 Å². The number of aryl methyl sites for hydroxylation is 3. The molecular weight excluding hydrogens is 290 g/mol. The van der Waals surface area contributed by atoms with Crippen molar-refractivity contribution in [1.82, 2.24) is 0 Å².